The highest BCUT2D eigenvalue weighted by Gasteiger charge is 2.17. The van der Waals surface area contributed by atoms with Crippen LogP contribution >= 0.6 is 0 Å². The van der Waals surface area contributed by atoms with E-state index in [2.05, 4.69) is 108 Å². The molecule has 0 radical (unpaired) electrons. The minimum Gasteiger partial charge on any atom is -0.456 e. The number of nitrogens with zero attached hydrogens (tertiary/aromatic N) is 2. The molecule has 8 rings (SSSR count). The highest BCUT2D eigenvalue weighted by Crippen LogP contribution is 2.41. The van der Waals surface area contributed by atoms with E-state index < -0.39 is 0 Å². The lowest BCUT2D eigenvalue weighted by molar-refractivity contribution is 0.669. The molecule has 186 valence electrons. The van der Waals surface area contributed by atoms with Gasteiger partial charge in [0.05, 0.1) is 22.7 Å². The zero-order chi connectivity index (χ0) is 26.6. The van der Waals surface area contributed by atoms with Crippen molar-refractivity contribution < 1.29 is 4.42 Å². The molecule has 6 aromatic carbocycles. The van der Waals surface area contributed by atoms with Crippen molar-refractivity contribution in [2.24, 2.45) is 0 Å². The first-order valence-corrected chi connectivity index (χ1v) is 13.3. The minimum absolute atomic E-state index is 0.655. The van der Waals surface area contributed by atoms with Crippen molar-refractivity contribution in [2.45, 2.75) is 0 Å². The lowest BCUT2D eigenvalue weighted by Crippen LogP contribution is -1.93. The van der Waals surface area contributed by atoms with Crippen molar-refractivity contribution in [3.63, 3.8) is 0 Å². The van der Waals surface area contributed by atoms with E-state index in [1.54, 1.807) is 0 Å². The summed E-state index contributed by atoms with van der Waals surface area (Å²) in [5, 5.41) is 14.2. The minimum atomic E-state index is 0.655. The van der Waals surface area contributed by atoms with Crippen molar-refractivity contribution in [3.8, 4) is 34.0 Å². The van der Waals surface area contributed by atoms with Gasteiger partial charge in [-0.2, -0.15) is 5.26 Å². The molecule has 0 atom stereocenters. The molecule has 0 saturated heterocycles. The summed E-state index contributed by atoms with van der Waals surface area (Å²) in [6.45, 7) is 0. The predicted molar refractivity (Wildman–Crippen MR) is 164 cm³/mol. The maximum Gasteiger partial charge on any atom is 0.135 e. The summed E-state index contributed by atoms with van der Waals surface area (Å²) in [6, 6.07) is 48.5. The van der Waals surface area contributed by atoms with E-state index in [1.165, 1.54) is 10.8 Å². The SMILES string of the molecule is N#Cc1cccc(-c2cccc3c2c2cc(-c4ccc5oc6ccccc6c5c4)ccc2n3-c2ccccc2)c1. The Morgan fingerprint density at radius 2 is 1.27 bits per heavy atom. The smallest absolute Gasteiger partial charge is 0.135 e. The summed E-state index contributed by atoms with van der Waals surface area (Å²) in [5.74, 6) is 0. The number of benzene rings is 6. The lowest BCUT2D eigenvalue weighted by Gasteiger charge is -2.09. The van der Waals surface area contributed by atoms with E-state index >= 15 is 0 Å². The largest absolute Gasteiger partial charge is 0.456 e. The van der Waals surface area contributed by atoms with E-state index in [1.807, 2.05) is 36.4 Å². The Morgan fingerprint density at radius 3 is 2.15 bits per heavy atom. The summed E-state index contributed by atoms with van der Waals surface area (Å²) < 4.78 is 8.41. The highest BCUT2D eigenvalue weighted by molar-refractivity contribution is 6.17. The molecule has 2 aromatic heterocycles. The summed E-state index contributed by atoms with van der Waals surface area (Å²) in [7, 11) is 0. The first kappa shape index (κ1) is 22.4. The molecule has 0 aliphatic carbocycles. The molecular weight excluding hydrogens is 488 g/mol. The van der Waals surface area contributed by atoms with Gasteiger partial charge in [-0.3, -0.25) is 0 Å². The van der Waals surface area contributed by atoms with Crippen LogP contribution in [-0.2, 0) is 0 Å². The average molecular weight is 511 g/mol. The number of para-hydroxylation sites is 2. The summed E-state index contributed by atoms with van der Waals surface area (Å²) in [6.07, 6.45) is 0. The van der Waals surface area contributed by atoms with Crippen LogP contribution in [0.1, 0.15) is 5.56 Å². The molecule has 0 fully saturated rings. The van der Waals surface area contributed by atoms with Crippen molar-refractivity contribution in [1.29, 1.82) is 5.26 Å². The Bertz CT molecular complexity index is 2280. The van der Waals surface area contributed by atoms with E-state index in [0.717, 1.165) is 60.9 Å². The molecule has 0 amide bonds. The van der Waals surface area contributed by atoms with E-state index in [-0.39, 0.29) is 0 Å². The number of rotatable bonds is 3. The first-order chi connectivity index (χ1) is 19.8. The second-order valence-electron chi connectivity index (χ2n) is 10.1. The molecule has 40 heavy (non-hydrogen) atoms. The van der Waals surface area contributed by atoms with Gasteiger partial charge in [0.15, 0.2) is 0 Å². The normalized spacial score (nSPS) is 11.5. The highest BCUT2D eigenvalue weighted by atomic mass is 16.3. The summed E-state index contributed by atoms with van der Waals surface area (Å²) in [4.78, 5) is 0. The Hall–Kier alpha value is -5.59. The van der Waals surface area contributed by atoms with Gasteiger partial charge in [-0.1, -0.05) is 72.8 Å². The second-order valence-corrected chi connectivity index (χ2v) is 10.1. The van der Waals surface area contributed by atoms with Gasteiger partial charge in [0.25, 0.3) is 0 Å². The van der Waals surface area contributed by atoms with Crippen LogP contribution in [0.3, 0.4) is 0 Å². The molecule has 0 spiro atoms. The van der Waals surface area contributed by atoms with Gasteiger partial charge in [-0.05, 0) is 82.9 Å². The van der Waals surface area contributed by atoms with Gasteiger partial charge in [-0.25, -0.2) is 0 Å². The van der Waals surface area contributed by atoms with E-state index in [4.69, 9.17) is 4.42 Å². The molecule has 0 bridgehead atoms. The fourth-order valence-electron chi connectivity index (χ4n) is 6.01. The Balaban J connectivity index is 1.43. The van der Waals surface area contributed by atoms with Crippen LogP contribution in [0.2, 0.25) is 0 Å². The lowest BCUT2D eigenvalue weighted by atomic mass is 9.96. The monoisotopic (exact) mass is 510 g/mol. The number of nitriles is 1. The fraction of sp³-hybridized carbons (Fsp3) is 0. The molecule has 0 saturated carbocycles. The third kappa shape index (κ3) is 3.37. The number of fused-ring (bicyclic) bond motifs is 6. The molecule has 3 heteroatoms. The number of aromatic nitrogens is 1. The standard InChI is InChI=1S/C37H22N2O/c38-23-24-8-6-9-27(20-24)29-13-7-14-34-37(29)32-22-25(16-18-33(32)39(34)28-10-2-1-3-11-28)26-17-19-36-31(21-26)30-12-4-5-15-35(30)40-36/h1-22H. The van der Waals surface area contributed by atoms with Gasteiger partial charge >= 0.3 is 0 Å². The van der Waals surface area contributed by atoms with Crippen LogP contribution in [0.25, 0.3) is 71.7 Å². The third-order valence-corrected chi connectivity index (χ3v) is 7.82. The number of hydrogen-bond acceptors (Lipinski definition) is 2. The molecule has 3 nitrogen and oxygen atoms in total. The summed E-state index contributed by atoms with van der Waals surface area (Å²) in [5.41, 5.74) is 10.3. The van der Waals surface area contributed by atoms with Crippen molar-refractivity contribution in [1.82, 2.24) is 4.57 Å². The first-order valence-electron chi connectivity index (χ1n) is 13.3. The van der Waals surface area contributed by atoms with Crippen molar-refractivity contribution in [3.05, 3.63) is 139 Å². The van der Waals surface area contributed by atoms with Gasteiger partial charge in [-0.15, -0.1) is 0 Å². The molecule has 8 aromatic rings. The maximum atomic E-state index is 9.57. The Labute approximate surface area is 230 Å². The number of hydrogen-bond donors (Lipinski definition) is 0. The Morgan fingerprint density at radius 1 is 0.525 bits per heavy atom. The topological polar surface area (TPSA) is 41.9 Å². The quantitative estimate of drug-likeness (QED) is 0.237. The van der Waals surface area contributed by atoms with Gasteiger partial charge in [0.1, 0.15) is 11.2 Å². The predicted octanol–water partition coefficient (Wildman–Crippen LogP) is 9.89. The molecule has 2 heterocycles. The van der Waals surface area contributed by atoms with Crippen molar-refractivity contribution >= 4 is 43.7 Å². The second kappa shape index (κ2) is 8.73. The van der Waals surface area contributed by atoms with Gasteiger partial charge in [0, 0.05) is 27.2 Å². The molecule has 0 unspecified atom stereocenters. The molecular formula is C37H22N2O. The maximum absolute atomic E-state index is 9.57. The number of furan rings is 1. The van der Waals surface area contributed by atoms with Crippen LogP contribution in [0, 0.1) is 11.3 Å². The zero-order valence-electron chi connectivity index (χ0n) is 21.5. The van der Waals surface area contributed by atoms with Crippen LogP contribution in [-0.4, -0.2) is 4.57 Å². The van der Waals surface area contributed by atoms with Gasteiger partial charge in [0.2, 0.25) is 0 Å². The molecule has 0 N–H and O–H groups in total. The summed E-state index contributed by atoms with van der Waals surface area (Å²) >= 11 is 0. The van der Waals surface area contributed by atoms with E-state index in [0.29, 0.717) is 5.56 Å². The van der Waals surface area contributed by atoms with Crippen LogP contribution in [0.5, 0.6) is 0 Å². The van der Waals surface area contributed by atoms with Gasteiger partial charge < -0.3 is 8.98 Å². The van der Waals surface area contributed by atoms with E-state index in [9.17, 15) is 5.26 Å². The van der Waals surface area contributed by atoms with Crippen LogP contribution < -0.4 is 0 Å². The third-order valence-electron chi connectivity index (χ3n) is 7.82. The van der Waals surface area contributed by atoms with Crippen LogP contribution in [0.4, 0.5) is 0 Å². The fourth-order valence-corrected chi connectivity index (χ4v) is 6.01. The average Bonchev–Trinajstić information content (AvgIpc) is 3.56. The molecule has 0 aliphatic heterocycles. The molecule has 0 aliphatic rings. The van der Waals surface area contributed by atoms with Crippen molar-refractivity contribution in [2.75, 3.05) is 0 Å². The zero-order valence-corrected chi connectivity index (χ0v) is 21.5. The van der Waals surface area contributed by atoms with Crippen LogP contribution in [0.15, 0.2) is 138 Å². The Kier molecular flexibility index (Phi) is 4.89.